The number of nitrogens with zero attached hydrogens (tertiary/aromatic N) is 2. The van der Waals surface area contributed by atoms with Gasteiger partial charge in [0.1, 0.15) is 5.75 Å². The minimum absolute atomic E-state index is 0.0620. The summed E-state index contributed by atoms with van der Waals surface area (Å²) in [6, 6.07) is 5.65. The number of thiazole rings is 1. The number of anilines is 1. The number of hydrogen-bond donors (Lipinski definition) is 1. The zero-order valence-electron chi connectivity index (χ0n) is 15.0. The molecule has 2 atom stereocenters. The highest BCUT2D eigenvalue weighted by molar-refractivity contribution is 7.13. The van der Waals surface area contributed by atoms with Gasteiger partial charge in [-0.15, -0.1) is 11.3 Å². The number of morpholine rings is 1. The Morgan fingerprint density at radius 1 is 1.41 bits per heavy atom. The third-order valence-electron chi connectivity index (χ3n) is 3.97. The molecule has 1 aliphatic heterocycles. The maximum absolute atomic E-state index is 12.3. The van der Waals surface area contributed by atoms with E-state index in [9.17, 15) is 13.6 Å². The highest BCUT2D eigenvalue weighted by Gasteiger charge is 2.23. The Hall–Kier alpha value is -2.10. The molecule has 1 N–H and O–H groups in total. The lowest BCUT2D eigenvalue weighted by Crippen LogP contribution is -2.44. The molecule has 0 radical (unpaired) electrons. The summed E-state index contributed by atoms with van der Waals surface area (Å²) >= 11 is 1.33. The van der Waals surface area contributed by atoms with Crippen molar-refractivity contribution in [1.29, 1.82) is 0 Å². The zero-order valence-corrected chi connectivity index (χ0v) is 15.8. The Kier molecular flexibility index (Phi) is 6.35. The van der Waals surface area contributed by atoms with Crippen molar-refractivity contribution in [3.8, 4) is 5.75 Å². The molecule has 1 aromatic carbocycles. The Bertz CT molecular complexity index is 777. The van der Waals surface area contributed by atoms with E-state index in [2.05, 4.69) is 19.9 Å². The summed E-state index contributed by atoms with van der Waals surface area (Å²) in [5.41, 5.74) is 1.09. The molecule has 146 valence electrons. The van der Waals surface area contributed by atoms with Gasteiger partial charge in [0.2, 0.25) is 0 Å². The summed E-state index contributed by atoms with van der Waals surface area (Å²) < 4.78 is 34.6. The second-order valence-corrected chi connectivity index (χ2v) is 7.31. The van der Waals surface area contributed by atoms with E-state index in [0.717, 1.165) is 18.8 Å². The van der Waals surface area contributed by atoms with Crippen molar-refractivity contribution in [2.24, 2.45) is 0 Å². The molecule has 1 amide bonds. The molecule has 0 bridgehead atoms. The Balaban J connectivity index is 1.59. The van der Waals surface area contributed by atoms with Crippen LogP contribution in [-0.4, -0.2) is 47.7 Å². The number of amides is 1. The number of hydrogen-bond acceptors (Lipinski definition) is 6. The van der Waals surface area contributed by atoms with Crippen LogP contribution in [0.3, 0.4) is 0 Å². The largest absolute Gasteiger partial charge is 0.435 e. The summed E-state index contributed by atoms with van der Waals surface area (Å²) in [4.78, 5) is 19.0. The summed E-state index contributed by atoms with van der Waals surface area (Å²) in [5.74, 6) is -0.489. The van der Waals surface area contributed by atoms with Crippen molar-refractivity contribution in [3.05, 3.63) is 40.9 Å². The van der Waals surface area contributed by atoms with Gasteiger partial charge in [0.25, 0.3) is 5.91 Å². The lowest BCUT2D eigenvalue weighted by atomic mass is 10.2. The first kappa shape index (κ1) is 19.7. The lowest BCUT2D eigenvalue weighted by molar-refractivity contribution is -0.0707. The van der Waals surface area contributed by atoms with Crippen molar-refractivity contribution in [2.75, 3.05) is 18.4 Å². The van der Waals surface area contributed by atoms with Crippen LogP contribution >= 0.6 is 11.3 Å². The number of carbonyl (C=O) groups is 1. The van der Waals surface area contributed by atoms with E-state index in [1.807, 2.05) is 19.2 Å². The van der Waals surface area contributed by atoms with E-state index < -0.39 is 12.5 Å². The first-order valence-corrected chi connectivity index (χ1v) is 9.45. The highest BCUT2D eigenvalue weighted by Crippen LogP contribution is 2.21. The number of nitrogens with one attached hydrogen (secondary N) is 1. The normalized spacial score (nSPS) is 20.6. The van der Waals surface area contributed by atoms with Crippen LogP contribution in [0.25, 0.3) is 0 Å². The molecule has 27 heavy (non-hydrogen) atoms. The number of aromatic nitrogens is 1. The molecule has 1 aliphatic rings. The molecule has 1 aromatic heterocycles. The maximum Gasteiger partial charge on any atom is 0.387 e. The third kappa shape index (κ3) is 5.69. The second-order valence-electron chi connectivity index (χ2n) is 6.46. The molecule has 2 unspecified atom stereocenters. The molecular formula is C18H21F2N3O3S. The number of carbonyl (C=O) groups excluding carboxylic acids is 1. The van der Waals surface area contributed by atoms with Crippen LogP contribution in [0, 0.1) is 0 Å². The van der Waals surface area contributed by atoms with Gasteiger partial charge in [-0.05, 0) is 32.0 Å². The van der Waals surface area contributed by atoms with Crippen molar-refractivity contribution in [1.82, 2.24) is 9.88 Å². The molecule has 1 fully saturated rings. The molecule has 2 aromatic rings. The van der Waals surface area contributed by atoms with E-state index in [1.165, 1.54) is 35.6 Å². The smallest absolute Gasteiger partial charge is 0.387 e. The van der Waals surface area contributed by atoms with E-state index in [4.69, 9.17) is 4.74 Å². The fourth-order valence-corrected chi connectivity index (χ4v) is 3.76. The van der Waals surface area contributed by atoms with Gasteiger partial charge in [-0.1, -0.05) is 6.07 Å². The minimum Gasteiger partial charge on any atom is -0.435 e. The standard InChI is InChI=1S/C18H21F2N3O3S/c1-11-7-23(8-12(2)25-11)9-14-10-27-18(21-14)22-16(24)13-4-3-5-15(6-13)26-17(19)20/h3-6,10-12,17H,7-9H2,1-2H3,(H,21,22,24). The minimum atomic E-state index is -2.93. The Morgan fingerprint density at radius 2 is 2.15 bits per heavy atom. The molecule has 0 spiro atoms. The molecule has 9 heteroatoms. The van der Waals surface area contributed by atoms with Gasteiger partial charge >= 0.3 is 6.61 Å². The van der Waals surface area contributed by atoms with Gasteiger partial charge in [-0.25, -0.2) is 4.98 Å². The van der Waals surface area contributed by atoms with Crippen LogP contribution in [0.1, 0.15) is 29.9 Å². The van der Waals surface area contributed by atoms with E-state index in [1.54, 1.807) is 0 Å². The number of rotatable bonds is 6. The van der Waals surface area contributed by atoms with Crippen molar-refractivity contribution >= 4 is 22.4 Å². The van der Waals surface area contributed by atoms with Crippen LogP contribution in [0.4, 0.5) is 13.9 Å². The first-order valence-electron chi connectivity index (χ1n) is 8.57. The number of ether oxygens (including phenoxy) is 2. The summed E-state index contributed by atoms with van der Waals surface area (Å²) in [6.07, 6.45) is 0.351. The molecule has 2 heterocycles. The van der Waals surface area contributed by atoms with Crippen LogP contribution in [-0.2, 0) is 11.3 Å². The van der Waals surface area contributed by atoms with E-state index >= 15 is 0 Å². The van der Waals surface area contributed by atoms with Gasteiger partial charge in [0.15, 0.2) is 5.13 Å². The predicted octanol–water partition coefficient (Wildman–Crippen LogP) is 3.61. The van der Waals surface area contributed by atoms with Crippen LogP contribution in [0.15, 0.2) is 29.6 Å². The average molecular weight is 397 g/mol. The maximum atomic E-state index is 12.3. The molecule has 1 saturated heterocycles. The topological polar surface area (TPSA) is 63.7 Å². The molecule has 3 rings (SSSR count). The lowest BCUT2D eigenvalue weighted by Gasteiger charge is -2.34. The number of halogens is 2. The molecule has 0 saturated carbocycles. The second kappa shape index (κ2) is 8.73. The van der Waals surface area contributed by atoms with Crippen LogP contribution < -0.4 is 10.1 Å². The quantitative estimate of drug-likeness (QED) is 0.807. The monoisotopic (exact) mass is 397 g/mol. The van der Waals surface area contributed by atoms with Crippen molar-refractivity contribution < 1.29 is 23.0 Å². The van der Waals surface area contributed by atoms with Crippen molar-refractivity contribution in [3.63, 3.8) is 0 Å². The highest BCUT2D eigenvalue weighted by atomic mass is 32.1. The zero-order chi connectivity index (χ0) is 19.4. The van der Waals surface area contributed by atoms with Gasteiger partial charge in [0, 0.05) is 30.6 Å². The summed E-state index contributed by atoms with van der Waals surface area (Å²) in [5, 5.41) is 5.06. The number of benzene rings is 1. The van der Waals surface area contributed by atoms with Gasteiger partial charge in [0.05, 0.1) is 17.9 Å². The van der Waals surface area contributed by atoms with Gasteiger partial charge < -0.3 is 9.47 Å². The van der Waals surface area contributed by atoms with Crippen molar-refractivity contribution in [2.45, 2.75) is 39.2 Å². The van der Waals surface area contributed by atoms with Gasteiger partial charge in [-0.3, -0.25) is 15.0 Å². The molecular weight excluding hydrogens is 376 g/mol. The number of alkyl halides is 2. The average Bonchev–Trinajstić information content (AvgIpc) is 3.00. The third-order valence-corrected chi connectivity index (χ3v) is 4.78. The van der Waals surface area contributed by atoms with E-state index in [-0.39, 0.29) is 23.5 Å². The SMILES string of the molecule is CC1CN(Cc2csc(NC(=O)c3cccc(OC(F)F)c3)n2)CC(C)O1. The van der Waals surface area contributed by atoms with Gasteiger partial charge in [-0.2, -0.15) is 8.78 Å². The fourth-order valence-electron chi connectivity index (χ4n) is 3.06. The summed E-state index contributed by atoms with van der Waals surface area (Å²) in [6.45, 7) is 3.50. The fraction of sp³-hybridized carbons (Fsp3) is 0.444. The predicted molar refractivity (Wildman–Crippen MR) is 98.4 cm³/mol. The Labute approximate surface area is 160 Å². The summed E-state index contributed by atoms with van der Waals surface area (Å²) in [7, 11) is 0. The molecule has 6 nitrogen and oxygen atoms in total. The van der Waals surface area contributed by atoms with Crippen LogP contribution in [0.2, 0.25) is 0 Å². The molecule has 0 aliphatic carbocycles. The Morgan fingerprint density at radius 3 is 2.85 bits per heavy atom. The van der Waals surface area contributed by atoms with Crippen LogP contribution in [0.5, 0.6) is 5.75 Å². The van der Waals surface area contributed by atoms with E-state index in [0.29, 0.717) is 11.7 Å². The first-order chi connectivity index (χ1) is 12.9.